The highest BCUT2D eigenvalue weighted by atomic mass is 16.5. The van der Waals surface area contributed by atoms with Crippen LogP contribution in [0.4, 0.5) is 5.82 Å². The van der Waals surface area contributed by atoms with Gasteiger partial charge in [-0.25, -0.2) is 4.98 Å². The first kappa shape index (κ1) is 11.8. The van der Waals surface area contributed by atoms with Crippen molar-refractivity contribution in [2.75, 3.05) is 12.8 Å². The zero-order valence-corrected chi connectivity index (χ0v) is 10.9. The maximum Gasteiger partial charge on any atom is 0.150 e. The Hall–Kier alpha value is -2.30. The van der Waals surface area contributed by atoms with Gasteiger partial charge in [0.15, 0.2) is 0 Å². The van der Waals surface area contributed by atoms with E-state index >= 15 is 0 Å². The van der Waals surface area contributed by atoms with Crippen molar-refractivity contribution in [1.82, 2.24) is 9.97 Å². The van der Waals surface area contributed by atoms with E-state index in [1.165, 1.54) is 0 Å². The van der Waals surface area contributed by atoms with Crippen molar-refractivity contribution in [1.29, 1.82) is 0 Å². The standard InChI is InChI=1S/C14H15N3O2/c1-8-5-9-6-12(18-2)10(7-11(9)19-8)13-14(15)17-4-3-16-13/h3-4,6-8H,5H2,1-2H3,(H2,15,17). The third kappa shape index (κ3) is 1.97. The Morgan fingerprint density at radius 3 is 2.84 bits per heavy atom. The van der Waals surface area contributed by atoms with E-state index in [4.69, 9.17) is 15.2 Å². The molecule has 0 saturated carbocycles. The lowest BCUT2D eigenvalue weighted by molar-refractivity contribution is 0.254. The first-order chi connectivity index (χ1) is 9.19. The highest BCUT2D eigenvalue weighted by Crippen LogP contribution is 2.40. The lowest BCUT2D eigenvalue weighted by Gasteiger charge is -2.11. The number of hydrogen-bond acceptors (Lipinski definition) is 5. The average molecular weight is 257 g/mol. The number of anilines is 1. The molecule has 5 heteroatoms. The number of nitrogen functional groups attached to an aromatic ring is 1. The molecule has 2 heterocycles. The number of nitrogens with zero attached hydrogens (tertiary/aromatic N) is 2. The summed E-state index contributed by atoms with van der Waals surface area (Å²) in [5.41, 5.74) is 8.45. The largest absolute Gasteiger partial charge is 0.496 e. The average Bonchev–Trinajstić information content (AvgIpc) is 2.77. The van der Waals surface area contributed by atoms with Crippen molar-refractivity contribution in [2.24, 2.45) is 0 Å². The summed E-state index contributed by atoms with van der Waals surface area (Å²) in [6.45, 7) is 2.04. The van der Waals surface area contributed by atoms with Gasteiger partial charge in [-0.15, -0.1) is 0 Å². The Bertz CT molecular complexity index is 628. The predicted molar refractivity (Wildman–Crippen MR) is 72.2 cm³/mol. The minimum absolute atomic E-state index is 0.189. The number of aromatic nitrogens is 2. The monoisotopic (exact) mass is 257 g/mol. The molecular formula is C14H15N3O2. The number of rotatable bonds is 2. The van der Waals surface area contributed by atoms with Crippen molar-refractivity contribution in [3.63, 3.8) is 0 Å². The second-order valence-corrected chi connectivity index (χ2v) is 4.58. The number of fused-ring (bicyclic) bond motifs is 1. The molecular weight excluding hydrogens is 242 g/mol. The van der Waals surface area contributed by atoms with Gasteiger partial charge in [0.1, 0.15) is 29.1 Å². The molecule has 1 aromatic heterocycles. The third-order valence-electron chi connectivity index (χ3n) is 3.20. The summed E-state index contributed by atoms with van der Waals surface area (Å²) >= 11 is 0. The molecule has 5 nitrogen and oxygen atoms in total. The first-order valence-electron chi connectivity index (χ1n) is 6.13. The second kappa shape index (κ2) is 4.42. The molecule has 0 radical (unpaired) electrons. The van der Waals surface area contributed by atoms with Gasteiger partial charge in [-0.05, 0) is 19.1 Å². The molecule has 1 atom stereocenters. The number of nitrogens with two attached hydrogens (primary N) is 1. The molecule has 1 aromatic carbocycles. The molecule has 0 fully saturated rings. The van der Waals surface area contributed by atoms with E-state index in [1.54, 1.807) is 19.5 Å². The van der Waals surface area contributed by atoms with Gasteiger partial charge in [0, 0.05) is 29.9 Å². The van der Waals surface area contributed by atoms with E-state index in [1.807, 2.05) is 19.1 Å². The zero-order chi connectivity index (χ0) is 13.4. The summed E-state index contributed by atoms with van der Waals surface area (Å²) in [7, 11) is 1.64. The number of benzene rings is 1. The lowest BCUT2D eigenvalue weighted by Crippen LogP contribution is -2.05. The highest BCUT2D eigenvalue weighted by molar-refractivity contribution is 5.77. The fraction of sp³-hybridized carbons (Fsp3) is 0.286. The molecule has 0 spiro atoms. The van der Waals surface area contributed by atoms with Gasteiger partial charge in [0.05, 0.1) is 7.11 Å². The Labute approximate surface area is 111 Å². The summed E-state index contributed by atoms with van der Waals surface area (Å²) in [4.78, 5) is 8.34. The second-order valence-electron chi connectivity index (χ2n) is 4.58. The van der Waals surface area contributed by atoms with E-state index in [0.29, 0.717) is 11.5 Å². The molecule has 0 saturated heterocycles. The Morgan fingerprint density at radius 1 is 1.32 bits per heavy atom. The van der Waals surface area contributed by atoms with Crippen LogP contribution in [0, 0.1) is 0 Å². The smallest absolute Gasteiger partial charge is 0.150 e. The molecule has 2 aromatic rings. The molecule has 1 aliphatic heterocycles. The van der Waals surface area contributed by atoms with Crippen molar-refractivity contribution in [2.45, 2.75) is 19.4 Å². The number of hydrogen-bond donors (Lipinski definition) is 1. The van der Waals surface area contributed by atoms with E-state index in [9.17, 15) is 0 Å². The van der Waals surface area contributed by atoms with Crippen LogP contribution in [0.5, 0.6) is 11.5 Å². The SMILES string of the molecule is COc1cc2c(cc1-c1nccnc1N)OC(C)C2. The molecule has 19 heavy (non-hydrogen) atoms. The number of ether oxygens (including phenoxy) is 2. The highest BCUT2D eigenvalue weighted by Gasteiger charge is 2.23. The van der Waals surface area contributed by atoms with E-state index in [-0.39, 0.29) is 6.10 Å². The number of methoxy groups -OCH3 is 1. The van der Waals surface area contributed by atoms with Crippen molar-refractivity contribution in [3.8, 4) is 22.8 Å². The maximum absolute atomic E-state index is 5.88. The van der Waals surface area contributed by atoms with Gasteiger partial charge < -0.3 is 15.2 Å². The van der Waals surface area contributed by atoms with Gasteiger partial charge >= 0.3 is 0 Å². The molecule has 0 aliphatic carbocycles. The molecule has 1 unspecified atom stereocenters. The Morgan fingerprint density at radius 2 is 2.11 bits per heavy atom. The van der Waals surface area contributed by atoms with Gasteiger partial charge in [-0.3, -0.25) is 4.98 Å². The maximum atomic E-state index is 5.88. The van der Waals surface area contributed by atoms with Crippen LogP contribution in [0.1, 0.15) is 12.5 Å². The Balaban J connectivity index is 2.17. The van der Waals surface area contributed by atoms with E-state index in [0.717, 1.165) is 29.0 Å². The summed E-state index contributed by atoms with van der Waals surface area (Å²) in [5, 5.41) is 0. The molecule has 0 bridgehead atoms. The van der Waals surface area contributed by atoms with Crippen LogP contribution >= 0.6 is 0 Å². The summed E-state index contributed by atoms with van der Waals surface area (Å²) in [5.74, 6) is 1.99. The minimum Gasteiger partial charge on any atom is -0.496 e. The molecule has 98 valence electrons. The van der Waals surface area contributed by atoms with Crippen LogP contribution in [-0.4, -0.2) is 23.2 Å². The molecule has 3 rings (SSSR count). The topological polar surface area (TPSA) is 70.3 Å². The lowest BCUT2D eigenvalue weighted by atomic mass is 10.0. The van der Waals surface area contributed by atoms with Gasteiger partial charge in [0.25, 0.3) is 0 Å². The van der Waals surface area contributed by atoms with Crippen LogP contribution < -0.4 is 15.2 Å². The van der Waals surface area contributed by atoms with E-state index in [2.05, 4.69) is 9.97 Å². The van der Waals surface area contributed by atoms with Crippen LogP contribution in [0.2, 0.25) is 0 Å². The third-order valence-corrected chi connectivity index (χ3v) is 3.20. The fourth-order valence-corrected chi connectivity index (χ4v) is 2.35. The van der Waals surface area contributed by atoms with Crippen molar-refractivity contribution in [3.05, 3.63) is 30.1 Å². The molecule has 1 aliphatic rings. The first-order valence-corrected chi connectivity index (χ1v) is 6.13. The summed E-state index contributed by atoms with van der Waals surface area (Å²) in [6, 6.07) is 3.92. The van der Waals surface area contributed by atoms with Gasteiger partial charge in [-0.2, -0.15) is 0 Å². The molecule has 2 N–H and O–H groups in total. The van der Waals surface area contributed by atoms with Gasteiger partial charge in [0.2, 0.25) is 0 Å². The van der Waals surface area contributed by atoms with Crippen LogP contribution in [-0.2, 0) is 6.42 Å². The minimum atomic E-state index is 0.189. The van der Waals surface area contributed by atoms with Crippen LogP contribution in [0.15, 0.2) is 24.5 Å². The normalized spacial score (nSPS) is 16.8. The zero-order valence-electron chi connectivity index (χ0n) is 10.9. The van der Waals surface area contributed by atoms with Crippen molar-refractivity contribution < 1.29 is 9.47 Å². The summed E-state index contributed by atoms with van der Waals surface area (Å²) in [6.07, 6.45) is 4.26. The van der Waals surface area contributed by atoms with Crippen LogP contribution in [0.25, 0.3) is 11.3 Å². The van der Waals surface area contributed by atoms with Crippen molar-refractivity contribution >= 4 is 5.82 Å². The predicted octanol–water partition coefficient (Wildman–Crippen LogP) is 2.06. The fourth-order valence-electron chi connectivity index (χ4n) is 2.35. The van der Waals surface area contributed by atoms with E-state index < -0.39 is 0 Å². The quantitative estimate of drug-likeness (QED) is 0.891. The Kier molecular flexibility index (Phi) is 2.74. The van der Waals surface area contributed by atoms with Gasteiger partial charge in [-0.1, -0.05) is 0 Å². The van der Waals surface area contributed by atoms with Crippen LogP contribution in [0.3, 0.4) is 0 Å². The summed E-state index contributed by atoms with van der Waals surface area (Å²) < 4.78 is 11.2. The molecule has 0 amide bonds.